The summed E-state index contributed by atoms with van der Waals surface area (Å²) in [5.41, 5.74) is 0. The largest absolute Gasteiger partial charge is 0.466 e. The molecular formula is C19H44N2O3Si2. The molecule has 0 rings (SSSR count). The maximum Gasteiger partial charge on any atom is 0.307 e. The van der Waals surface area contributed by atoms with E-state index in [0.29, 0.717) is 13.0 Å². The minimum Gasteiger partial charge on any atom is -0.466 e. The minimum absolute atomic E-state index is 0.0737. The summed E-state index contributed by atoms with van der Waals surface area (Å²) in [7, 11) is -2.75. The normalized spacial score (nSPS) is 12.8. The van der Waals surface area contributed by atoms with Crippen molar-refractivity contribution in [2.24, 2.45) is 0 Å². The lowest BCUT2D eigenvalue weighted by molar-refractivity contribution is -0.143. The van der Waals surface area contributed by atoms with Crippen LogP contribution in [0.25, 0.3) is 0 Å². The number of carbonyl (C=O) groups is 1. The van der Waals surface area contributed by atoms with Crippen LogP contribution in [0.5, 0.6) is 0 Å². The van der Waals surface area contributed by atoms with E-state index in [9.17, 15) is 4.79 Å². The monoisotopic (exact) mass is 404 g/mol. The zero-order valence-corrected chi connectivity index (χ0v) is 20.7. The van der Waals surface area contributed by atoms with Crippen LogP contribution in [0.1, 0.15) is 33.1 Å². The summed E-state index contributed by atoms with van der Waals surface area (Å²) in [4.78, 5) is 11.7. The third-order valence-corrected chi connectivity index (χ3v) is 9.25. The van der Waals surface area contributed by atoms with Crippen LogP contribution in [0.4, 0.5) is 0 Å². The van der Waals surface area contributed by atoms with Crippen molar-refractivity contribution >= 4 is 22.4 Å². The van der Waals surface area contributed by atoms with E-state index in [-0.39, 0.29) is 5.97 Å². The van der Waals surface area contributed by atoms with Crippen molar-refractivity contribution < 1.29 is 14.3 Å². The molecule has 0 aromatic heterocycles. The first-order valence-corrected chi connectivity index (χ1v) is 17.1. The zero-order chi connectivity index (χ0) is 20.2. The Morgan fingerprint density at radius 1 is 0.769 bits per heavy atom. The molecule has 7 heteroatoms. The lowest BCUT2D eigenvalue weighted by Gasteiger charge is -2.37. The summed E-state index contributed by atoms with van der Waals surface area (Å²) in [5, 5.41) is 0. The van der Waals surface area contributed by atoms with E-state index in [1.807, 2.05) is 6.92 Å². The Bertz CT molecular complexity index is 382. The van der Waals surface area contributed by atoms with Gasteiger partial charge in [-0.2, -0.15) is 0 Å². The molecule has 0 atom stereocenters. The maximum atomic E-state index is 11.7. The first kappa shape index (κ1) is 25.8. The number of hydrogen-bond acceptors (Lipinski definition) is 5. The second kappa shape index (κ2) is 13.0. The molecule has 0 saturated carbocycles. The van der Waals surface area contributed by atoms with Gasteiger partial charge < -0.3 is 18.6 Å². The van der Waals surface area contributed by atoms with Gasteiger partial charge in [0.25, 0.3) is 0 Å². The fraction of sp³-hybridized carbons (Fsp3) is 0.947. The molecule has 0 aliphatic carbocycles. The molecule has 0 unspecified atom stereocenters. The molecule has 26 heavy (non-hydrogen) atoms. The number of ether oxygens (including phenoxy) is 2. The molecule has 0 radical (unpaired) electrons. The predicted molar refractivity (Wildman–Crippen MR) is 117 cm³/mol. The third-order valence-electron chi connectivity index (χ3n) is 4.57. The number of carbonyl (C=O) groups excluding carboxylic acids is 1. The topological polar surface area (TPSA) is 42.0 Å². The molecule has 0 fully saturated rings. The highest BCUT2D eigenvalue weighted by Crippen LogP contribution is 2.14. The highest BCUT2D eigenvalue weighted by molar-refractivity contribution is 6.73. The first-order valence-electron chi connectivity index (χ1n) is 10.3. The molecule has 0 N–H and O–H groups in total. The standard InChI is InChI=1S/C19H44N2O3Si2/c1-9-23-18-12-16-20(25(3,4)5)14-11-15-21(26(6,7)8)17-13-19(22)24-10-2/h9-18H2,1-8H3. The van der Waals surface area contributed by atoms with Crippen molar-refractivity contribution in [2.45, 2.75) is 72.4 Å². The SMILES string of the molecule is CCOCCCN(CCCN(CCC(=O)OCC)[Si](C)(C)C)[Si](C)(C)C. The van der Waals surface area contributed by atoms with E-state index >= 15 is 0 Å². The zero-order valence-electron chi connectivity index (χ0n) is 18.7. The van der Waals surface area contributed by atoms with Gasteiger partial charge in [-0.15, -0.1) is 0 Å². The van der Waals surface area contributed by atoms with E-state index in [1.165, 1.54) is 0 Å². The summed E-state index contributed by atoms with van der Waals surface area (Å²) >= 11 is 0. The highest BCUT2D eigenvalue weighted by atomic mass is 28.3. The van der Waals surface area contributed by atoms with E-state index < -0.39 is 16.5 Å². The van der Waals surface area contributed by atoms with Gasteiger partial charge in [-0.25, -0.2) is 0 Å². The van der Waals surface area contributed by atoms with Crippen LogP contribution < -0.4 is 0 Å². The number of hydrogen-bond donors (Lipinski definition) is 0. The van der Waals surface area contributed by atoms with Crippen LogP contribution in [0.2, 0.25) is 39.3 Å². The summed E-state index contributed by atoms with van der Waals surface area (Å²) in [5.74, 6) is -0.0737. The molecule has 0 aromatic rings. The number of rotatable bonds is 15. The van der Waals surface area contributed by atoms with Crippen molar-refractivity contribution in [3.8, 4) is 0 Å². The second-order valence-corrected chi connectivity index (χ2v) is 18.7. The molecule has 5 nitrogen and oxygen atoms in total. The van der Waals surface area contributed by atoms with Crippen molar-refractivity contribution in [2.75, 3.05) is 46.0 Å². The van der Waals surface area contributed by atoms with Gasteiger partial charge in [0.05, 0.1) is 13.0 Å². The lowest BCUT2D eigenvalue weighted by atomic mass is 10.3. The fourth-order valence-electron chi connectivity index (χ4n) is 2.98. The number of nitrogens with zero attached hydrogens (tertiary/aromatic N) is 2. The van der Waals surface area contributed by atoms with Gasteiger partial charge >= 0.3 is 5.97 Å². The smallest absolute Gasteiger partial charge is 0.307 e. The molecule has 0 aromatic carbocycles. The Balaban J connectivity index is 4.51. The van der Waals surface area contributed by atoms with Crippen molar-refractivity contribution in [1.82, 2.24) is 9.13 Å². The van der Waals surface area contributed by atoms with E-state index in [0.717, 1.165) is 52.2 Å². The average Bonchev–Trinajstić information content (AvgIpc) is 2.50. The number of esters is 1. The molecule has 0 amide bonds. The van der Waals surface area contributed by atoms with Gasteiger partial charge in [-0.05, 0) is 46.3 Å². The quantitative estimate of drug-likeness (QED) is 0.234. The highest BCUT2D eigenvalue weighted by Gasteiger charge is 2.26. The Morgan fingerprint density at radius 3 is 1.73 bits per heavy atom. The maximum absolute atomic E-state index is 11.7. The summed E-state index contributed by atoms with van der Waals surface area (Å²) in [6.45, 7) is 24.6. The molecule has 0 aliphatic rings. The van der Waals surface area contributed by atoms with Crippen LogP contribution in [-0.2, 0) is 14.3 Å². The van der Waals surface area contributed by atoms with Crippen molar-refractivity contribution in [3.05, 3.63) is 0 Å². The van der Waals surface area contributed by atoms with Gasteiger partial charge in [0.1, 0.15) is 16.5 Å². The predicted octanol–water partition coefficient (Wildman–Crippen LogP) is 4.03. The van der Waals surface area contributed by atoms with Gasteiger partial charge in [0.2, 0.25) is 0 Å². The van der Waals surface area contributed by atoms with Gasteiger partial charge in [-0.1, -0.05) is 39.3 Å². The molecule has 0 aliphatic heterocycles. The minimum atomic E-state index is -1.43. The van der Waals surface area contributed by atoms with Crippen LogP contribution in [0.15, 0.2) is 0 Å². The van der Waals surface area contributed by atoms with Crippen molar-refractivity contribution in [3.63, 3.8) is 0 Å². The molecule has 0 spiro atoms. The van der Waals surface area contributed by atoms with Crippen LogP contribution in [-0.4, -0.2) is 77.6 Å². The Hall–Kier alpha value is -0.216. The summed E-state index contributed by atoms with van der Waals surface area (Å²) in [6, 6.07) is 0. The van der Waals surface area contributed by atoms with Gasteiger partial charge in [-0.3, -0.25) is 4.79 Å². The second-order valence-electron chi connectivity index (χ2n) is 8.77. The molecule has 0 saturated heterocycles. The molecule has 156 valence electrons. The molecule has 0 heterocycles. The van der Waals surface area contributed by atoms with E-state index in [2.05, 4.69) is 55.3 Å². The van der Waals surface area contributed by atoms with Gasteiger partial charge in [0, 0.05) is 19.8 Å². The Kier molecular flexibility index (Phi) is 12.9. The van der Waals surface area contributed by atoms with Crippen molar-refractivity contribution in [1.29, 1.82) is 0 Å². The third kappa shape index (κ3) is 12.2. The van der Waals surface area contributed by atoms with Crippen LogP contribution >= 0.6 is 0 Å². The van der Waals surface area contributed by atoms with Crippen LogP contribution in [0, 0.1) is 0 Å². The van der Waals surface area contributed by atoms with E-state index in [4.69, 9.17) is 9.47 Å². The Labute approximate surface area is 164 Å². The summed E-state index contributed by atoms with van der Waals surface area (Å²) < 4.78 is 15.8. The van der Waals surface area contributed by atoms with E-state index in [1.54, 1.807) is 0 Å². The fourth-order valence-corrected chi connectivity index (χ4v) is 6.25. The molecular weight excluding hydrogens is 360 g/mol. The molecule has 0 bridgehead atoms. The summed E-state index contributed by atoms with van der Waals surface area (Å²) in [6.07, 6.45) is 2.77. The van der Waals surface area contributed by atoms with Gasteiger partial charge in [0.15, 0.2) is 0 Å². The first-order chi connectivity index (χ1) is 12.0. The Morgan fingerprint density at radius 2 is 1.27 bits per heavy atom. The average molecular weight is 405 g/mol. The van der Waals surface area contributed by atoms with Crippen LogP contribution in [0.3, 0.4) is 0 Å². The lowest BCUT2D eigenvalue weighted by Crippen LogP contribution is -2.50.